The summed E-state index contributed by atoms with van der Waals surface area (Å²) in [5, 5.41) is 0.894. The predicted molar refractivity (Wildman–Crippen MR) is 132 cm³/mol. The Kier molecular flexibility index (Phi) is 6.24. The first kappa shape index (κ1) is 22.8. The van der Waals surface area contributed by atoms with Crippen LogP contribution in [0.25, 0.3) is 22.3 Å². The molecule has 2 fully saturated rings. The highest BCUT2D eigenvalue weighted by Gasteiger charge is 2.25. The second kappa shape index (κ2) is 9.32. The first-order chi connectivity index (χ1) is 16.4. The predicted octanol–water partition coefficient (Wildman–Crippen LogP) is 2.12. The summed E-state index contributed by atoms with van der Waals surface area (Å²) in [6.07, 6.45) is 1.13. The number of aromatic nitrogens is 3. The Morgan fingerprint density at radius 2 is 1.68 bits per heavy atom. The molecule has 0 spiro atoms. The number of pyridine rings is 1. The quantitative estimate of drug-likeness (QED) is 0.582. The molecule has 11 heteroatoms. The minimum Gasteiger partial charge on any atom is -0.378 e. The number of nitrogens with one attached hydrogen (secondary N) is 1. The number of hydrogen-bond acceptors (Lipinski definition) is 9. The Morgan fingerprint density at radius 1 is 0.941 bits per heavy atom. The minimum atomic E-state index is -3.33. The standard InChI is InChI=1S/C23H28N6O4S/c1-16-15-33-14-11-29(16)23-25-21-19(22(26-23)28-9-12-32-13-10-28)7-8-20(24-21)17-3-5-18(6-4-17)27-34(2,30)31/h3-8,16,27H,9-15H2,1-2H3/t16-/m0/s1. The van der Waals surface area contributed by atoms with Gasteiger partial charge in [0.25, 0.3) is 0 Å². The monoisotopic (exact) mass is 484 g/mol. The van der Waals surface area contributed by atoms with Crippen LogP contribution in [0.15, 0.2) is 36.4 Å². The van der Waals surface area contributed by atoms with Crippen LogP contribution in [0.4, 0.5) is 17.5 Å². The third kappa shape index (κ3) is 4.91. The lowest BCUT2D eigenvalue weighted by Gasteiger charge is -2.34. The van der Waals surface area contributed by atoms with Gasteiger partial charge in [0.15, 0.2) is 5.65 Å². The number of nitrogens with zero attached hydrogens (tertiary/aromatic N) is 5. The third-order valence-electron chi connectivity index (χ3n) is 5.95. The SMILES string of the molecule is C[C@H]1COCCN1c1nc(N2CCOCC2)c2ccc(-c3ccc(NS(C)(=O)=O)cc3)nc2n1. The molecule has 0 amide bonds. The maximum Gasteiger partial charge on any atom is 0.229 e. The topological polar surface area (TPSA) is 110 Å². The number of benzene rings is 1. The zero-order chi connectivity index (χ0) is 23.7. The molecule has 2 aliphatic heterocycles. The number of rotatable bonds is 5. The van der Waals surface area contributed by atoms with Gasteiger partial charge in [0, 0.05) is 30.9 Å². The van der Waals surface area contributed by atoms with E-state index in [-0.39, 0.29) is 6.04 Å². The van der Waals surface area contributed by atoms with Gasteiger partial charge in [-0.3, -0.25) is 4.72 Å². The fourth-order valence-corrected chi connectivity index (χ4v) is 4.80. The minimum absolute atomic E-state index is 0.168. The van der Waals surface area contributed by atoms with Crippen LogP contribution < -0.4 is 14.5 Å². The highest BCUT2D eigenvalue weighted by Crippen LogP contribution is 2.30. The number of morpholine rings is 2. The maximum atomic E-state index is 11.5. The zero-order valence-electron chi connectivity index (χ0n) is 19.3. The second-order valence-electron chi connectivity index (χ2n) is 8.58. The van der Waals surface area contributed by atoms with Crippen molar-refractivity contribution in [3.8, 4) is 11.3 Å². The molecular weight excluding hydrogens is 456 g/mol. The van der Waals surface area contributed by atoms with Crippen LogP contribution in [0.3, 0.4) is 0 Å². The second-order valence-corrected chi connectivity index (χ2v) is 10.3. The van der Waals surface area contributed by atoms with Gasteiger partial charge in [-0.1, -0.05) is 12.1 Å². The van der Waals surface area contributed by atoms with Gasteiger partial charge in [-0.25, -0.2) is 13.4 Å². The largest absolute Gasteiger partial charge is 0.378 e. The van der Waals surface area contributed by atoms with Crippen LogP contribution >= 0.6 is 0 Å². The molecule has 1 N–H and O–H groups in total. The number of anilines is 3. The normalized spacial score (nSPS) is 19.4. The lowest BCUT2D eigenvalue weighted by atomic mass is 10.1. The van der Waals surface area contributed by atoms with Crippen LogP contribution in [-0.4, -0.2) is 81.7 Å². The first-order valence-corrected chi connectivity index (χ1v) is 13.2. The summed E-state index contributed by atoms with van der Waals surface area (Å²) in [7, 11) is -3.33. The molecule has 0 radical (unpaired) electrons. The van der Waals surface area contributed by atoms with Crippen molar-refractivity contribution in [2.75, 3.05) is 66.8 Å². The Morgan fingerprint density at radius 3 is 2.38 bits per heavy atom. The molecule has 2 aliphatic rings. The van der Waals surface area contributed by atoms with E-state index in [9.17, 15) is 8.42 Å². The van der Waals surface area contributed by atoms with Crippen LogP contribution in [-0.2, 0) is 19.5 Å². The summed E-state index contributed by atoms with van der Waals surface area (Å²) < 4.78 is 36.6. The van der Waals surface area contributed by atoms with Crippen molar-refractivity contribution < 1.29 is 17.9 Å². The summed E-state index contributed by atoms with van der Waals surface area (Å²) in [6, 6.07) is 11.3. The highest BCUT2D eigenvalue weighted by atomic mass is 32.2. The number of hydrogen-bond donors (Lipinski definition) is 1. The van der Waals surface area contributed by atoms with Gasteiger partial charge in [-0.2, -0.15) is 9.97 Å². The average Bonchev–Trinajstić information content (AvgIpc) is 2.83. The van der Waals surface area contributed by atoms with E-state index in [0.717, 1.165) is 48.4 Å². The maximum absolute atomic E-state index is 11.5. The van der Waals surface area contributed by atoms with Crippen molar-refractivity contribution in [2.24, 2.45) is 0 Å². The van der Waals surface area contributed by atoms with Crippen molar-refractivity contribution >= 4 is 38.5 Å². The van der Waals surface area contributed by atoms with E-state index in [2.05, 4.69) is 21.4 Å². The molecule has 0 aliphatic carbocycles. The van der Waals surface area contributed by atoms with Crippen molar-refractivity contribution in [3.05, 3.63) is 36.4 Å². The van der Waals surface area contributed by atoms with E-state index < -0.39 is 10.0 Å². The van der Waals surface area contributed by atoms with Gasteiger partial charge in [-0.15, -0.1) is 0 Å². The molecule has 5 rings (SSSR count). The molecule has 10 nitrogen and oxygen atoms in total. The molecule has 3 aromatic rings. The summed E-state index contributed by atoms with van der Waals surface area (Å²) in [6.45, 7) is 6.96. The molecule has 0 unspecified atom stereocenters. The van der Waals surface area contributed by atoms with Crippen molar-refractivity contribution in [3.63, 3.8) is 0 Å². The molecular formula is C23H28N6O4S. The molecule has 0 saturated carbocycles. The molecule has 1 aromatic carbocycles. The molecule has 180 valence electrons. The van der Waals surface area contributed by atoms with Gasteiger partial charge >= 0.3 is 0 Å². The molecule has 1 atom stereocenters. The Bertz CT molecular complexity index is 1280. The van der Waals surface area contributed by atoms with Gasteiger partial charge in [0.1, 0.15) is 5.82 Å². The molecule has 2 saturated heterocycles. The molecule has 4 heterocycles. The van der Waals surface area contributed by atoms with Crippen molar-refractivity contribution in [2.45, 2.75) is 13.0 Å². The average molecular weight is 485 g/mol. The van der Waals surface area contributed by atoms with E-state index in [1.807, 2.05) is 24.3 Å². The van der Waals surface area contributed by atoms with Crippen LogP contribution in [0.1, 0.15) is 6.92 Å². The van der Waals surface area contributed by atoms with Gasteiger partial charge in [-0.05, 0) is 31.2 Å². The van der Waals surface area contributed by atoms with E-state index in [0.29, 0.717) is 43.7 Å². The lowest BCUT2D eigenvalue weighted by Crippen LogP contribution is -2.45. The van der Waals surface area contributed by atoms with Crippen LogP contribution in [0.2, 0.25) is 0 Å². The van der Waals surface area contributed by atoms with Gasteiger partial charge in [0.05, 0.1) is 49.8 Å². The Labute approximate surface area is 199 Å². The van der Waals surface area contributed by atoms with Crippen LogP contribution in [0.5, 0.6) is 0 Å². The van der Waals surface area contributed by atoms with E-state index in [4.69, 9.17) is 24.4 Å². The fraction of sp³-hybridized carbons (Fsp3) is 0.435. The summed E-state index contributed by atoms with van der Waals surface area (Å²) in [4.78, 5) is 19.1. The van der Waals surface area contributed by atoms with Crippen molar-refractivity contribution in [1.29, 1.82) is 0 Å². The Hall–Kier alpha value is -3.02. The van der Waals surface area contributed by atoms with Gasteiger partial charge < -0.3 is 19.3 Å². The summed E-state index contributed by atoms with van der Waals surface area (Å²) >= 11 is 0. The van der Waals surface area contributed by atoms with Gasteiger partial charge in [0.2, 0.25) is 16.0 Å². The zero-order valence-corrected chi connectivity index (χ0v) is 20.1. The summed E-state index contributed by atoms with van der Waals surface area (Å²) in [5.74, 6) is 1.52. The number of fused-ring (bicyclic) bond motifs is 1. The lowest BCUT2D eigenvalue weighted by molar-refractivity contribution is 0.0981. The molecule has 34 heavy (non-hydrogen) atoms. The number of ether oxygens (including phenoxy) is 2. The van der Waals surface area contributed by atoms with E-state index in [1.165, 1.54) is 0 Å². The first-order valence-electron chi connectivity index (χ1n) is 11.3. The smallest absolute Gasteiger partial charge is 0.229 e. The Balaban J connectivity index is 1.56. The molecule has 0 bridgehead atoms. The molecule has 2 aromatic heterocycles. The number of sulfonamides is 1. The van der Waals surface area contributed by atoms with E-state index >= 15 is 0 Å². The summed E-state index contributed by atoms with van der Waals surface area (Å²) in [5.41, 5.74) is 2.76. The highest BCUT2D eigenvalue weighted by molar-refractivity contribution is 7.92. The van der Waals surface area contributed by atoms with Crippen LogP contribution in [0, 0.1) is 0 Å². The third-order valence-corrected chi connectivity index (χ3v) is 6.55. The van der Waals surface area contributed by atoms with Crippen molar-refractivity contribution in [1.82, 2.24) is 15.0 Å². The fourth-order valence-electron chi connectivity index (χ4n) is 4.24. The van der Waals surface area contributed by atoms with E-state index in [1.54, 1.807) is 12.1 Å².